The van der Waals surface area contributed by atoms with Gasteiger partial charge in [0.15, 0.2) is 0 Å². The molecule has 4 heteroatoms. The van der Waals surface area contributed by atoms with Crippen molar-refractivity contribution in [3.8, 4) is 5.75 Å². The summed E-state index contributed by atoms with van der Waals surface area (Å²) in [5.41, 5.74) is 3.94. The molecule has 0 unspecified atom stereocenters. The molecule has 2 aromatic carbocycles. The molecule has 0 bridgehead atoms. The van der Waals surface area contributed by atoms with Crippen molar-refractivity contribution in [2.24, 2.45) is 0 Å². The van der Waals surface area contributed by atoms with Gasteiger partial charge in [-0.3, -0.25) is 0 Å². The van der Waals surface area contributed by atoms with Gasteiger partial charge in [0.2, 0.25) is 0 Å². The van der Waals surface area contributed by atoms with E-state index in [9.17, 15) is 9.90 Å². The molecular formula is C23H19NO3. The molecule has 27 heavy (non-hydrogen) atoms. The van der Waals surface area contributed by atoms with Crippen molar-refractivity contribution in [1.82, 2.24) is 4.40 Å². The largest absolute Gasteiger partial charge is 0.487 e. The first kappa shape index (κ1) is 16.9. The van der Waals surface area contributed by atoms with Crippen molar-refractivity contribution in [1.29, 1.82) is 0 Å². The number of hydrogen-bond donors (Lipinski definition) is 1. The Kier molecular flexibility index (Phi) is 4.62. The molecule has 4 aromatic rings. The number of hydrogen-bond acceptors (Lipinski definition) is 2. The number of rotatable bonds is 6. The van der Waals surface area contributed by atoms with Gasteiger partial charge in [0.05, 0.1) is 11.1 Å². The fraction of sp³-hybridized carbons (Fsp3) is 0.0870. The highest BCUT2D eigenvalue weighted by Crippen LogP contribution is 2.28. The smallest absolute Gasteiger partial charge is 0.337 e. The molecule has 2 aromatic heterocycles. The predicted molar refractivity (Wildman–Crippen MR) is 104 cm³/mol. The molecule has 0 fully saturated rings. The van der Waals surface area contributed by atoms with E-state index >= 15 is 0 Å². The van der Waals surface area contributed by atoms with E-state index in [1.165, 1.54) is 0 Å². The van der Waals surface area contributed by atoms with Crippen LogP contribution in [0.25, 0.3) is 5.52 Å². The number of carboxylic acid groups (broad SMARTS) is 1. The van der Waals surface area contributed by atoms with Crippen molar-refractivity contribution < 1.29 is 14.6 Å². The highest BCUT2D eigenvalue weighted by molar-refractivity contribution is 5.92. The van der Waals surface area contributed by atoms with Crippen LogP contribution in [-0.4, -0.2) is 15.5 Å². The summed E-state index contributed by atoms with van der Waals surface area (Å²) < 4.78 is 7.90. The predicted octanol–water partition coefficient (Wildman–Crippen LogP) is 4.81. The summed E-state index contributed by atoms with van der Waals surface area (Å²) in [6, 6.07) is 25.2. The number of pyridine rings is 1. The summed E-state index contributed by atoms with van der Waals surface area (Å²) in [4.78, 5) is 11.8. The van der Waals surface area contributed by atoms with E-state index in [2.05, 4.69) is 0 Å². The van der Waals surface area contributed by atoms with Crippen molar-refractivity contribution in [2.75, 3.05) is 0 Å². The second kappa shape index (κ2) is 7.38. The van der Waals surface area contributed by atoms with Crippen LogP contribution in [0.2, 0.25) is 0 Å². The minimum Gasteiger partial charge on any atom is -0.487 e. The van der Waals surface area contributed by atoms with Crippen molar-refractivity contribution >= 4 is 11.5 Å². The molecule has 4 nitrogen and oxygen atoms in total. The van der Waals surface area contributed by atoms with E-state index in [0.717, 1.165) is 22.3 Å². The molecule has 0 amide bonds. The van der Waals surface area contributed by atoms with E-state index in [4.69, 9.17) is 4.74 Å². The van der Waals surface area contributed by atoms with Crippen LogP contribution in [0.4, 0.5) is 0 Å². The minimum atomic E-state index is -0.932. The fourth-order valence-electron chi connectivity index (χ4n) is 3.24. The second-order valence-electron chi connectivity index (χ2n) is 6.37. The van der Waals surface area contributed by atoms with Gasteiger partial charge >= 0.3 is 5.97 Å². The van der Waals surface area contributed by atoms with Gasteiger partial charge < -0.3 is 14.2 Å². The topological polar surface area (TPSA) is 50.9 Å². The average molecular weight is 357 g/mol. The Morgan fingerprint density at radius 2 is 1.56 bits per heavy atom. The van der Waals surface area contributed by atoms with Gasteiger partial charge in [-0.1, -0.05) is 60.7 Å². The van der Waals surface area contributed by atoms with Gasteiger partial charge in [-0.15, -0.1) is 0 Å². The maximum absolute atomic E-state index is 11.8. The van der Waals surface area contributed by atoms with Gasteiger partial charge in [-0.2, -0.15) is 0 Å². The lowest BCUT2D eigenvalue weighted by Crippen LogP contribution is -2.03. The number of benzene rings is 2. The molecule has 0 saturated heterocycles. The average Bonchev–Trinajstić information content (AvgIpc) is 3.07. The van der Waals surface area contributed by atoms with Crippen LogP contribution in [0.15, 0.2) is 85.1 Å². The first-order chi connectivity index (χ1) is 13.2. The van der Waals surface area contributed by atoms with E-state index in [1.54, 1.807) is 6.07 Å². The van der Waals surface area contributed by atoms with Crippen LogP contribution >= 0.6 is 0 Å². The maximum Gasteiger partial charge on any atom is 0.337 e. The number of carboxylic acids is 1. The Morgan fingerprint density at radius 3 is 2.22 bits per heavy atom. The second-order valence-corrected chi connectivity index (χ2v) is 6.37. The van der Waals surface area contributed by atoms with Crippen molar-refractivity contribution in [3.63, 3.8) is 0 Å². The SMILES string of the molecule is O=C(O)c1cc2c(OCc3ccccc3)cccn2c1Cc1ccccc1. The molecule has 134 valence electrons. The van der Waals surface area contributed by atoms with Gasteiger partial charge in [0.25, 0.3) is 0 Å². The zero-order chi connectivity index (χ0) is 18.6. The Balaban J connectivity index is 1.72. The van der Waals surface area contributed by atoms with Gasteiger partial charge in [-0.05, 0) is 29.3 Å². The summed E-state index contributed by atoms with van der Waals surface area (Å²) in [5, 5.41) is 9.69. The third kappa shape index (κ3) is 3.55. The third-order valence-electron chi connectivity index (χ3n) is 4.56. The van der Waals surface area contributed by atoms with E-state index in [1.807, 2.05) is 83.4 Å². The van der Waals surface area contributed by atoms with E-state index in [0.29, 0.717) is 24.3 Å². The van der Waals surface area contributed by atoms with Crippen LogP contribution in [0, 0.1) is 0 Å². The van der Waals surface area contributed by atoms with Crippen LogP contribution in [0.5, 0.6) is 5.75 Å². The molecule has 2 heterocycles. The molecule has 0 radical (unpaired) electrons. The van der Waals surface area contributed by atoms with Crippen LogP contribution in [0.1, 0.15) is 27.2 Å². The minimum absolute atomic E-state index is 0.301. The molecule has 1 N–H and O–H groups in total. The number of aromatic nitrogens is 1. The molecule has 4 rings (SSSR count). The molecule has 0 atom stereocenters. The Bertz CT molecular complexity index is 1070. The maximum atomic E-state index is 11.8. The summed E-state index contributed by atoms with van der Waals surface area (Å²) in [6.45, 7) is 0.433. The van der Waals surface area contributed by atoms with Crippen molar-refractivity contribution in [3.05, 3.63) is 107 Å². The van der Waals surface area contributed by atoms with E-state index < -0.39 is 5.97 Å². The number of fused-ring (bicyclic) bond motifs is 1. The Morgan fingerprint density at radius 1 is 0.889 bits per heavy atom. The lowest BCUT2D eigenvalue weighted by atomic mass is 10.1. The summed E-state index contributed by atoms with van der Waals surface area (Å²) >= 11 is 0. The Labute approximate surface area is 157 Å². The lowest BCUT2D eigenvalue weighted by Gasteiger charge is -2.10. The first-order valence-corrected chi connectivity index (χ1v) is 8.79. The lowest BCUT2D eigenvalue weighted by molar-refractivity contribution is 0.0696. The fourth-order valence-corrected chi connectivity index (χ4v) is 3.24. The van der Waals surface area contributed by atoms with Crippen LogP contribution in [0.3, 0.4) is 0 Å². The number of aromatic carboxylic acids is 1. The summed E-state index contributed by atoms with van der Waals surface area (Å²) in [7, 11) is 0. The zero-order valence-electron chi connectivity index (χ0n) is 14.7. The number of ether oxygens (including phenoxy) is 1. The molecule has 0 aliphatic heterocycles. The van der Waals surface area contributed by atoms with Gasteiger partial charge in [0.1, 0.15) is 12.4 Å². The molecule has 0 saturated carbocycles. The molecule has 0 aliphatic rings. The summed E-state index contributed by atoms with van der Waals surface area (Å²) in [5.74, 6) is -0.262. The van der Waals surface area contributed by atoms with Crippen LogP contribution in [-0.2, 0) is 13.0 Å². The third-order valence-corrected chi connectivity index (χ3v) is 4.56. The highest BCUT2D eigenvalue weighted by atomic mass is 16.5. The van der Waals surface area contributed by atoms with Crippen LogP contribution < -0.4 is 4.74 Å². The summed E-state index contributed by atoms with van der Waals surface area (Å²) in [6.07, 6.45) is 2.42. The highest BCUT2D eigenvalue weighted by Gasteiger charge is 2.18. The number of nitrogens with zero attached hydrogens (tertiary/aromatic N) is 1. The Hall–Kier alpha value is -3.53. The standard InChI is InChI=1S/C23H19NO3/c25-23(26)19-15-21-22(27-16-18-10-5-2-6-11-18)12-7-13-24(21)20(19)14-17-8-3-1-4-9-17/h1-13,15H,14,16H2,(H,25,26). The molecular weight excluding hydrogens is 338 g/mol. The van der Waals surface area contributed by atoms with E-state index in [-0.39, 0.29) is 0 Å². The molecule has 0 spiro atoms. The zero-order valence-corrected chi connectivity index (χ0v) is 14.7. The normalized spacial score (nSPS) is 10.8. The van der Waals surface area contributed by atoms with Gasteiger partial charge in [0, 0.05) is 18.3 Å². The number of carbonyl (C=O) groups is 1. The quantitative estimate of drug-likeness (QED) is 0.539. The molecule has 0 aliphatic carbocycles. The monoisotopic (exact) mass is 357 g/mol. The van der Waals surface area contributed by atoms with Crippen molar-refractivity contribution in [2.45, 2.75) is 13.0 Å². The first-order valence-electron chi connectivity index (χ1n) is 8.79. The van der Waals surface area contributed by atoms with Gasteiger partial charge in [-0.25, -0.2) is 4.79 Å².